The Bertz CT molecular complexity index is 399. The quantitative estimate of drug-likeness (QED) is 0.614. The van der Waals surface area contributed by atoms with E-state index in [9.17, 15) is 4.79 Å². The van der Waals surface area contributed by atoms with Crippen LogP contribution in [0.15, 0.2) is 12.1 Å². The van der Waals surface area contributed by atoms with Gasteiger partial charge in [0, 0.05) is 5.56 Å². The van der Waals surface area contributed by atoms with Crippen LogP contribution in [-0.2, 0) is 0 Å². The zero-order valence-corrected chi connectivity index (χ0v) is 11.6. The zero-order valence-electron chi connectivity index (χ0n) is 9.83. The number of carbonyl (C=O) groups is 1. The lowest BCUT2D eigenvalue weighted by molar-refractivity contribution is 0.112. The highest BCUT2D eigenvalue weighted by atomic mass is 35.5. The van der Waals surface area contributed by atoms with Crippen molar-refractivity contribution < 1.29 is 14.0 Å². The van der Waals surface area contributed by atoms with Crippen molar-refractivity contribution in [3.05, 3.63) is 22.7 Å². The van der Waals surface area contributed by atoms with Gasteiger partial charge >= 0.3 is 0 Å². The molecule has 0 radical (unpaired) electrons. The second-order valence-corrected chi connectivity index (χ2v) is 9.14. The van der Waals surface area contributed by atoms with E-state index in [0.29, 0.717) is 28.4 Å². The molecule has 0 heterocycles. The van der Waals surface area contributed by atoms with Crippen LogP contribution in [-0.4, -0.2) is 21.7 Å². The number of methoxy groups -OCH3 is 1. The molecule has 1 aromatic rings. The van der Waals surface area contributed by atoms with E-state index in [-0.39, 0.29) is 0 Å². The Labute approximate surface area is 101 Å². The Hall–Kier alpha value is -1.00. The molecule has 5 heteroatoms. The number of benzene rings is 1. The van der Waals surface area contributed by atoms with Crippen molar-refractivity contribution in [2.24, 2.45) is 0 Å². The zero-order chi connectivity index (χ0) is 12.3. The van der Waals surface area contributed by atoms with E-state index in [0.717, 1.165) is 0 Å². The molecule has 16 heavy (non-hydrogen) atoms. The maximum absolute atomic E-state index is 10.8. The van der Waals surface area contributed by atoms with Crippen molar-refractivity contribution in [3.63, 3.8) is 0 Å². The highest BCUT2D eigenvalue weighted by Crippen LogP contribution is 2.38. The van der Waals surface area contributed by atoms with Crippen LogP contribution in [0.4, 0.5) is 0 Å². The highest BCUT2D eigenvalue weighted by Gasteiger charge is 2.22. The number of ether oxygens (including phenoxy) is 1. The number of hydrogen-bond donors (Lipinski definition) is 0. The minimum Gasteiger partial charge on any atom is -0.541 e. The maximum Gasteiger partial charge on any atom is 0.242 e. The fourth-order valence-electron chi connectivity index (χ4n) is 1.21. The van der Waals surface area contributed by atoms with Crippen LogP contribution in [0.25, 0.3) is 0 Å². The molecule has 0 aromatic heterocycles. The summed E-state index contributed by atoms with van der Waals surface area (Å²) in [4.78, 5) is 10.8. The van der Waals surface area contributed by atoms with Gasteiger partial charge in [0.1, 0.15) is 0 Å². The molecule has 0 bridgehead atoms. The summed E-state index contributed by atoms with van der Waals surface area (Å²) >= 11 is 6.08. The first kappa shape index (κ1) is 13.1. The first-order valence-electron chi connectivity index (χ1n) is 4.89. The van der Waals surface area contributed by atoms with Crippen molar-refractivity contribution in [2.45, 2.75) is 19.6 Å². The predicted octanol–water partition coefficient (Wildman–Crippen LogP) is 3.37. The summed E-state index contributed by atoms with van der Waals surface area (Å²) in [6.45, 7) is 6.11. The fourth-order valence-corrected chi connectivity index (χ4v) is 2.33. The molecular weight excluding hydrogens is 244 g/mol. The fraction of sp³-hybridized carbons (Fsp3) is 0.364. The van der Waals surface area contributed by atoms with Crippen LogP contribution >= 0.6 is 11.6 Å². The van der Waals surface area contributed by atoms with Crippen LogP contribution in [0.2, 0.25) is 24.7 Å². The van der Waals surface area contributed by atoms with E-state index >= 15 is 0 Å². The highest BCUT2D eigenvalue weighted by molar-refractivity contribution is 6.70. The molecule has 1 aromatic carbocycles. The Kier molecular flexibility index (Phi) is 3.99. The predicted molar refractivity (Wildman–Crippen MR) is 67.4 cm³/mol. The van der Waals surface area contributed by atoms with Crippen LogP contribution in [0.3, 0.4) is 0 Å². The van der Waals surface area contributed by atoms with E-state index in [2.05, 4.69) is 0 Å². The monoisotopic (exact) mass is 258 g/mol. The molecule has 0 saturated heterocycles. The van der Waals surface area contributed by atoms with Gasteiger partial charge in [-0.2, -0.15) is 0 Å². The third-order valence-corrected chi connectivity index (χ3v) is 3.05. The van der Waals surface area contributed by atoms with E-state index in [4.69, 9.17) is 20.8 Å². The Morgan fingerprint density at radius 1 is 1.31 bits per heavy atom. The van der Waals surface area contributed by atoms with Crippen LogP contribution in [0, 0.1) is 0 Å². The Morgan fingerprint density at radius 2 is 1.94 bits per heavy atom. The topological polar surface area (TPSA) is 35.5 Å². The van der Waals surface area contributed by atoms with Gasteiger partial charge in [0.15, 0.2) is 17.8 Å². The summed E-state index contributed by atoms with van der Waals surface area (Å²) in [6.07, 6.45) is 0.707. The third kappa shape index (κ3) is 2.99. The SMILES string of the molecule is COc1ccc(C=O)c(Cl)c1O[Si](C)(C)C. The average molecular weight is 259 g/mol. The van der Waals surface area contributed by atoms with E-state index in [1.54, 1.807) is 19.2 Å². The minimum atomic E-state index is -1.79. The molecule has 3 nitrogen and oxygen atoms in total. The second kappa shape index (κ2) is 4.89. The summed E-state index contributed by atoms with van der Waals surface area (Å²) < 4.78 is 11.0. The van der Waals surface area contributed by atoms with E-state index in [1.807, 2.05) is 19.6 Å². The second-order valence-electron chi connectivity index (χ2n) is 4.33. The number of halogens is 1. The molecule has 0 atom stereocenters. The van der Waals surface area contributed by atoms with Crippen LogP contribution in [0.1, 0.15) is 10.4 Å². The van der Waals surface area contributed by atoms with Gasteiger partial charge in [0.25, 0.3) is 0 Å². The van der Waals surface area contributed by atoms with Crippen molar-refractivity contribution in [1.82, 2.24) is 0 Å². The van der Waals surface area contributed by atoms with Gasteiger partial charge in [-0.05, 0) is 31.8 Å². The molecule has 1 rings (SSSR count). The molecule has 0 saturated carbocycles. The van der Waals surface area contributed by atoms with E-state index in [1.165, 1.54) is 0 Å². The summed E-state index contributed by atoms with van der Waals surface area (Å²) in [5.41, 5.74) is 0.413. The van der Waals surface area contributed by atoms with Gasteiger partial charge in [-0.3, -0.25) is 4.79 Å². The van der Waals surface area contributed by atoms with Crippen molar-refractivity contribution >= 4 is 26.2 Å². The lowest BCUT2D eigenvalue weighted by atomic mass is 10.2. The van der Waals surface area contributed by atoms with Crippen molar-refractivity contribution in [3.8, 4) is 11.5 Å². The minimum absolute atomic E-state index is 0.316. The Balaban J connectivity index is 3.26. The number of carbonyl (C=O) groups excluding carboxylic acids is 1. The normalized spacial score (nSPS) is 11.1. The van der Waals surface area contributed by atoms with Crippen molar-refractivity contribution in [1.29, 1.82) is 0 Å². The van der Waals surface area contributed by atoms with Gasteiger partial charge < -0.3 is 9.16 Å². The molecular formula is C11H15ClO3Si. The summed E-state index contributed by atoms with van der Waals surface area (Å²) in [6, 6.07) is 3.30. The average Bonchev–Trinajstić information content (AvgIpc) is 2.19. The van der Waals surface area contributed by atoms with Crippen LogP contribution in [0.5, 0.6) is 11.5 Å². The van der Waals surface area contributed by atoms with Gasteiger partial charge in [0.2, 0.25) is 8.32 Å². The van der Waals surface area contributed by atoms with Gasteiger partial charge in [-0.25, -0.2) is 0 Å². The molecule has 0 fully saturated rings. The molecule has 0 aliphatic rings. The molecule has 0 amide bonds. The molecule has 88 valence electrons. The van der Waals surface area contributed by atoms with E-state index < -0.39 is 8.32 Å². The molecule has 0 N–H and O–H groups in total. The standard InChI is InChI=1S/C11H15ClO3Si/c1-14-9-6-5-8(7-13)10(12)11(9)15-16(2,3)4/h5-7H,1-4H3. The summed E-state index contributed by atoms with van der Waals surface area (Å²) in [7, 11) is -0.248. The smallest absolute Gasteiger partial charge is 0.242 e. The molecule has 0 unspecified atom stereocenters. The first-order chi connectivity index (χ1) is 7.39. The number of hydrogen-bond acceptors (Lipinski definition) is 3. The molecule has 0 spiro atoms. The lowest BCUT2D eigenvalue weighted by Crippen LogP contribution is -2.29. The van der Waals surface area contributed by atoms with Crippen molar-refractivity contribution in [2.75, 3.05) is 7.11 Å². The number of rotatable bonds is 4. The van der Waals surface area contributed by atoms with Gasteiger partial charge in [0.05, 0.1) is 12.1 Å². The summed E-state index contributed by atoms with van der Waals surface area (Å²) in [5.74, 6) is 1.02. The van der Waals surface area contributed by atoms with Gasteiger partial charge in [-0.15, -0.1) is 0 Å². The van der Waals surface area contributed by atoms with Crippen LogP contribution < -0.4 is 9.16 Å². The molecule has 0 aliphatic carbocycles. The lowest BCUT2D eigenvalue weighted by Gasteiger charge is -2.22. The molecule has 0 aliphatic heterocycles. The first-order valence-corrected chi connectivity index (χ1v) is 8.68. The van der Waals surface area contributed by atoms with Gasteiger partial charge in [-0.1, -0.05) is 11.6 Å². The summed E-state index contributed by atoms with van der Waals surface area (Å²) in [5, 5.41) is 0.316. The number of aldehydes is 1. The largest absolute Gasteiger partial charge is 0.541 e. The maximum atomic E-state index is 10.8. The Morgan fingerprint density at radius 3 is 2.38 bits per heavy atom. The third-order valence-electron chi connectivity index (χ3n) is 1.85.